The third-order valence-electron chi connectivity index (χ3n) is 19.2. The van der Waals surface area contributed by atoms with Gasteiger partial charge in [-0.15, -0.1) is 0 Å². The molecular weight excluding hydrogens is 1530 g/mol. The Hall–Kier alpha value is -5.16. The number of amides is 8. The smallest absolute Gasteiger partial charge is 0.386 e. The van der Waals surface area contributed by atoms with Crippen LogP contribution in [0.15, 0.2) is 24.1 Å². The van der Waals surface area contributed by atoms with Crippen LogP contribution in [0.25, 0.3) is 0 Å². The largest absolute Gasteiger partial charge is 0.394 e. The van der Waals surface area contributed by atoms with E-state index in [1.165, 1.54) is 26.8 Å². The Balaban J connectivity index is 1.34. The summed E-state index contributed by atoms with van der Waals surface area (Å²) in [6, 6.07) is -3.17. The van der Waals surface area contributed by atoms with E-state index in [1.807, 2.05) is 0 Å². The van der Waals surface area contributed by atoms with Gasteiger partial charge in [-0.1, -0.05) is 75.1 Å². The number of rotatable bonds is 59. The first-order chi connectivity index (χ1) is 54.2. The number of piperidine rings is 1. The maximum absolute atomic E-state index is 14.2. The molecule has 18 unspecified atom stereocenters. The maximum atomic E-state index is 14.2. The van der Waals surface area contributed by atoms with Crippen LogP contribution in [0.3, 0.4) is 0 Å². The lowest BCUT2D eigenvalue weighted by molar-refractivity contribution is -0.270. The fourth-order valence-electron chi connectivity index (χ4n) is 13.1. The minimum atomic E-state index is -3.54. The number of thiol groups is 1. The molecule has 16 N–H and O–H groups in total. The minimum Gasteiger partial charge on any atom is -0.394 e. The molecule has 0 aromatic heterocycles. The summed E-state index contributed by atoms with van der Waals surface area (Å²) in [5.41, 5.74) is 5.01. The van der Waals surface area contributed by atoms with Crippen molar-refractivity contribution in [1.29, 1.82) is 0 Å². The van der Waals surface area contributed by atoms with Crippen molar-refractivity contribution in [2.45, 2.75) is 260 Å². The molecule has 0 saturated carbocycles. The molecular formula is C74H129N8O29PS. The number of hydrogen-bond acceptors (Lipinski definition) is 29. The molecule has 39 heteroatoms. The number of aliphatic hydroxyl groups excluding tert-OH is 9. The number of hydrogen-bond donors (Lipinski definition) is 17. The second-order valence-corrected chi connectivity index (χ2v) is 31.4. The molecule has 4 rings (SSSR count). The van der Waals surface area contributed by atoms with Crippen LogP contribution in [-0.4, -0.2) is 321 Å². The Morgan fingerprint density at radius 2 is 0.796 bits per heavy atom. The lowest BCUT2D eigenvalue weighted by Crippen LogP contribution is -2.64. The lowest BCUT2D eigenvalue weighted by Gasteiger charge is -2.43. The predicted octanol–water partition coefficient (Wildman–Crippen LogP) is -1.03. The standard InChI is InChI=1S/C74H129N8O29PS/c1-5-6-19-37-107-112(100,113)108-38-23-14-10-18-30-75-57(89)25-24-26-61(93)82-42-52(47-101-39-27-58(90)76-31-15-7-11-20-34-104-72-62(79-49(2)86)68(97)65(94)54(44-83)109-72)71(103-41-29-60(92)78-33-17-9-13-22-36-106-74-64(81-51(4)88)70(99)67(96)56(46-85)111-74)53(43-82)48-102-40-28-59(91)77-32-16-8-12-21-35-105-73-63(80-50(3)87)69(98)66(95)55(45-84)110-73/h19,52-56,62-74,83-85,94-99H,1,7-18,20-48H2,2-4H3,(H,75,89)(H,76,90)(H,77,91)(H,78,92)(H,79,86)(H,80,87)(H,81,88)(H,100,113). The van der Waals surface area contributed by atoms with Gasteiger partial charge in [0.1, 0.15) is 73.1 Å². The minimum absolute atomic E-state index is 0.00339. The molecule has 113 heavy (non-hydrogen) atoms. The van der Waals surface area contributed by atoms with Crippen LogP contribution >= 0.6 is 19.0 Å². The van der Waals surface area contributed by atoms with Gasteiger partial charge in [0.05, 0.1) is 72.2 Å². The number of carbonyl (C=O) groups is 8. The average Bonchev–Trinajstić information content (AvgIpc) is 1.39. The monoisotopic (exact) mass is 1660 g/mol. The summed E-state index contributed by atoms with van der Waals surface area (Å²) in [6.07, 6.45) is -3.52. The molecule has 37 nitrogen and oxygen atoms in total. The topological polar surface area (TPSA) is 525 Å². The van der Waals surface area contributed by atoms with Gasteiger partial charge in [0, 0.05) is 124 Å². The van der Waals surface area contributed by atoms with E-state index >= 15 is 0 Å². The summed E-state index contributed by atoms with van der Waals surface area (Å²) < 4.78 is 76.1. The molecule has 650 valence electrons. The molecule has 4 heterocycles. The summed E-state index contributed by atoms with van der Waals surface area (Å²) in [5.74, 6) is -3.68. The van der Waals surface area contributed by atoms with E-state index in [0.717, 1.165) is 25.7 Å². The van der Waals surface area contributed by atoms with E-state index < -0.39 is 154 Å². The first-order valence-corrected chi connectivity index (χ1v) is 42.3. The van der Waals surface area contributed by atoms with Crippen molar-refractivity contribution in [3.63, 3.8) is 0 Å². The third-order valence-corrected chi connectivity index (χ3v) is 20.9. The molecule has 4 fully saturated rings. The van der Waals surface area contributed by atoms with Crippen molar-refractivity contribution < 1.29 is 141 Å². The van der Waals surface area contributed by atoms with E-state index in [1.54, 1.807) is 4.90 Å². The van der Waals surface area contributed by atoms with Gasteiger partial charge < -0.3 is 135 Å². The summed E-state index contributed by atoms with van der Waals surface area (Å²) in [6.45, 7) is 4.48. The molecule has 0 radical (unpaired) electrons. The number of nitrogens with one attached hydrogen (secondary N) is 7. The van der Waals surface area contributed by atoms with Crippen LogP contribution in [0.1, 0.15) is 162 Å². The van der Waals surface area contributed by atoms with Crippen LogP contribution in [-0.2, 0) is 94.6 Å². The molecule has 0 aliphatic carbocycles. The van der Waals surface area contributed by atoms with E-state index in [-0.39, 0.29) is 147 Å². The Morgan fingerprint density at radius 3 is 1.15 bits per heavy atom. The zero-order chi connectivity index (χ0) is 82.9. The van der Waals surface area contributed by atoms with E-state index in [4.69, 9.17) is 51.7 Å². The lowest BCUT2D eigenvalue weighted by atomic mass is 9.86. The zero-order valence-electron chi connectivity index (χ0n) is 65.7. The van der Waals surface area contributed by atoms with Crippen LogP contribution in [0.4, 0.5) is 0 Å². The number of unbranched alkanes of at least 4 members (excludes halogenated alkanes) is 12. The SMILES string of the molecule is C=C=C=CCOP(=O)(S)OCCCCCCNC(=O)CCCC(=O)N1CC(COCCC(=O)NCCCCCCOC2OC(CO)C(O)C(O)C2NC(C)=O)C(OCCC(=O)NCCCCCCOC2OC(CO)C(O)C(O)C2NC(C)=O)C(COCCC(=O)NCCCCCCOC2OC(CO)C(O)C(O)C2NC(C)=O)C1. The van der Waals surface area contributed by atoms with Gasteiger partial charge >= 0.3 is 6.80 Å². The molecule has 4 aliphatic heterocycles. The van der Waals surface area contributed by atoms with E-state index in [2.05, 4.69) is 67.5 Å². The fraction of sp³-hybridized carbons (Fsp3) is 0.838. The third kappa shape index (κ3) is 40.2. The summed E-state index contributed by atoms with van der Waals surface area (Å²) in [7, 11) is 0. The maximum Gasteiger partial charge on any atom is 0.386 e. The summed E-state index contributed by atoms with van der Waals surface area (Å²) in [5, 5.41) is 111. The molecule has 0 aromatic rings. The number of carbonyl (C=O) groups excluding carboxylic acids is 8. The van der Waals surface area contributed by atoms with Gasteiger partial charge in [-0.3, -0.25) is 42.9 Å². The van der Waals surface area contributed by atoms with Crippen molar-refractivity contribution in [1.82, 2.24) is 42.1 Å². The highest BCUT2D eigenvalue weighted by atomic mass is 32.7. The van der Waals surface area contributed by atoms with Crippen LogP contribution in [0.5, 0.6) is 0 Å². The van der Waals surface area contributed by atoms with Gasteiger partial charge in [-0.25, -0.2) is 4.57 Å². The predicted molar refractivity (Wildman–Crippen MR) is 408 cm³/mol. The van der Waals surface area contributed by atoms with Crippen molar-refractivity contribution in [3.8, 4) is 0 Å². The molecule has 0 aromatic carbocycles. The Labute approximate surface area is 667 Å². The number of aliphatic hydroxyl groups is 9. The van der Waals surface area contributed by atoms with Crippen molar-refractivity contribution in [3.05, 3.63) is 24.1 Å². The van der Waals surface area contributed by atoms with Crippen molar-refractivity contribution in [2.75, 3.05) is 125 Å². The van der Waals surface area contributed by atoms with Crippen LogP contribution in [0.2, 0.25) is 0 Å². The second-order valence-electron chi connectivity index (χ2n) is 28.5. The van der Waals surface area contributed by atoms with Crippen LogP contribution in [0, 0.1) is 11.8 Å². The highest BCUT2D eigenvalue weighted by Gasteiger charge is 2.48. The van der Waals surface area contributed by atoms with Gasteiger partial charge in [0.2, 0.25) is 47.3 Å². The van der Waals surface area contributed by atoms with E-state index in [9.17, 15) is 88.9 Å². The Bertz CT molecular complexity index is 2820. The summed E-state index contributed by atoms with van der Waals surface area (Å²) >= 11 is 3.97. The first-order valence-electron chi connectivity index (χ1n) is 39.6. The summed E-state index contributed by atoms with van der Waals surface area (Å²) in [4.78, 5) is 104. The van der Waals surface area contributed by atoms with Gasteiger partial charge in [0.15, 0.2) is 18.9 Å². The van der Waals surface area contributed by atoms with Crippen molar-refractivity contribution in [2.24, 2.45) is 11.8 Å². The molecule has 8 amide bonds. The fourth-order valence-corrected chi connectivity index (χ4v) is 14.3. The quantitative estimate of drug-likeness (QED) is 0.0150. The zero-order valence-corrected chi connectivity index (χ0v) is 67.5. The second kappa shape index (κ2) is 57.8. The number of likely N-dealkylation sites (tertiary alicyclic amines) is 1. The average molecular weight is 1660 g/mol. The first kappa shape index (κ1) is 100. The highest BCUT2D eigenvalue weighted by molar-refractivity contribution is 8.44. The Kier molecular flexibility index (Phi) is 51.3. The Morgan fingerprint density at radius 1 is 0.451 bits per heavy atom. The van der Waals surface area contributed by atoms with Gasteiger partial charge in [-0.2, -0.15) is 0 Å². The van der Waals surface area contributed by atoms with Gasteiger partial charge in [0.25, 0.3) is 0 Å². The number of nitrogens with zero attached hydrogens (tertiary/aromatic N) is 1. The highest BCUT2D eigenvalue weighted by Crippen LogP contribution is 2.53. The molecule has 4 saturated heterocycles. The molecule has 4 aliphatic rings. The van der Waals surface area contributed by atoms with E-state index in [0.29, 0.717) is 103 Å². The van der Waals surface area contributed by atoms with Gasteiger partial charge in [-0.05, 0) is 70.4 Å². The molecule has 0 bridgehead atoms. The number of ether oxygens (including phenoxy) is 9. The van der Waals surface area contributed by atoms with Crippen molar-refractivity contribution >= 4 is 66.3 Å². The van der Waals surface area contributed by atoms with Crippen LogP contribution < -0.4 is 37.2 Å². The molecule has 18 atom stereocenters. The molecule has 0 spiro atoms. The normalized spacial score (nSPS) is 26.9.